The number of hydrogen-bond acceptors (Lipinski definition) is 6. The Hall–Kier alpha value is -3.73. The molecule has 2 amide bonds. The van der Waals surface area contributed by atoms with Gasteiger partial charge in [0.25, 0.3) is 10.0 Å². The molecular weight excluding hydrogens is 444 g/mol. The van der Waals surface area contributed by atoms with Crippen molar-refractivity contribution in [1.82, 2.24) is 19.9 Å². The number of imidazole rings is 1. The van der Waals surface area contributed by atoms with Gasteiger partial charge in [0.15, 0.2) is 5.03 Å². The summed E-state index contributed by atoms with van der Waals surface area (Å²) >= 11 is 0. The highest BCUT2D eigenvalue weighted by Crippen LogP contribution is 2.36. The van der Waals surface area contributed by atoms with E-state index in [1.54, 1.807) is 55.2 Å². The van der Waals surface area contributed by atoms with Crippen molar-refractivity contribution >= 4 is 33.2 Å². The Labute approximate surface area is 191 Å². The third kappa shape index (κ3) is 4.58. The molecule has 11 heteroatoms. The third-order valence-corrected chi connectivity index (χ3v) is 7.15. The number of aryl methyl sites for hydroxylation is 2. The molecule has 0 bridgehead atoms. The van der Waals surface area contributed by atoms with Crippen LogP contribution in [-0.2, 0) is 33.1 Å². The summed E-state index contributed by atoms with van der Waals surface area (Å²) in [6.45, 7) is 2.03. The van der Waals surface area contributed by atoms with Gasteiger partial charge in [-0.2, -0.15) is 8.42 Å². The van der Waals surface area contributed by atoms with Gasteiger partial charge in [0.1, 0.15) is 11.9 Å². The largest absolute Gasteiger partial charge is 0.356 e. The molecule has 0 aliphatic carbocycles. The van der Waals surface area contributed by atoms with Crippen molar-refractivity contribution in [3.8, 4) is 0 Å². The molecule has 1 atom stereocenters. The van der Waals surface area contributed by atoms with Gasteiger partial charge in [-0.1, -0.05) is 12.1 Å². The number of aromatic nitrogens is 3. The van der Waals surface area contributed by atoms with Crippen molar-refractivity contribution in [3.63, 3.8) is 0 Å². The predicted octanol–water partition coefficient (Wildman–Crippen LogP) is 1.39. The molecule has 0 spiro atoms. The van der Waals surface area contributed by atoms with E-state index in [1.807, 2.05) is 12.1 Å². The number of carbonyl (C=O) groups is 2. The summed E-state index contributed by atoms with van der Waals surface area (Å²) in [5.41, 5.74) is 1.65. The maximum absolute atomic E-state index is 13.6. The zero-order chi connectivity index (χ0) is 23.6. The Morgan fingerprint density at radius 1 is 1.18 bits per heavy atom. The molecule has 172 valence electrons. The smallest absolute Gasteiger partial charge is 0.284 e. The first kappa shape index (κ1) is 22.5. The zero-order valence-electron chi connectivity index (χ0n) is 18.2. The van der Waals surface area contributed by atoms with Crippen molar-refractivity contribution in [2.75, 3.05) is 16.2 Å². The highest BCUT2D eigenvalue weighted by molar-refractivity contribution is 7.92. The lowest BCUT2D eigenvalue weighted by Gasteiger charge is -2.36. The number of sulfonamides is 1. The minimum absolute atomic E-state index is 0.185. The molecule has 3 heterocycles. The Bertz CT molecular complexity index is 1270. The van der Waals surface area contributed by atoms with Crippen LogP contribution in [0.2, 0.25) is 0 Å². The minimum atomic E-state index is -4.21. The van der Waals surface area contributed by atoms with E-state index in [-0.39, 0.29) is 17.1 Å². The van der Waals surface area contributed by atoms with Crippen LogP contribution >= 0.6 is 0 Å². The molecule has 3 aromatic rings. The maximum Gasteiger partial charge on any atom is 0.284 e. The molecule has 1 aliphatic rings. The molecule has 2 N–H and O–H groups in total. The summed E-state index contributed by atoms with van der Waals surface area (Å²) in [6, 6.07) is 9.02. The average molecular weight is 469 g/mol. The second-order valence-electron chi connectivity index (χ2n) is 7.72. The highest BCUT2D eigenvalue weighted by Gasteiger charge is 2.42. The van der Waals surface area contributed by atoms with Gasteiger partial charge in [0.05, 0.1) is 17.8 Å². The van der Waals surface area contributed by atoms with Crippen LogP contribution < -0.4 is 14.9 Å². The molecule has 0 saturated carbocycles. The molecule has 10 nitrogen and oxygen atoms in total. The lowest BCUT2D eigenvalue weighted by atomic mass is 10.1. The quantitative estimate of drug-likeness (QED) is 0.540. The molecular formula is C22H24N6O4S. The van der Waals surface area contributed by atoms with E-state index in [1.165, 1.54) is 6.20 Å². The summed E-state index contributed by atoms with van der Waals surface area (Å²) in [4.78, 5) is 33.7. The second-order valence-corrected chi connectivity index (χ2v) is 9.48. The fraction of sp³-hybridized carbons (Fsp3) is 0.273. The summed E-state index contributed by atoms with van der Waals surface area (Å²) < 4.78 is 29.8. The molecule has 0 saturated heterocycles. The Morgan fingerprint density at radius 3 is 2.61 bits per heavy atom. The van der Waals surface area contributed by atoms with Crippen molar-refractivity contribution < 1.29 is 18.0 Å². The Morgan fingerprint density at radius 2 is 1.91 bits per heavy atom. The van der Waals surface area contributed by atoms with Crippen molar-refractivity contribution in [2.45, 2.75) is 30.8 Å². The number of hydrogen-bond donors (Lipinski definition) is 2. The number of rotatable bonds is 7. The standard InChI is InChI=1S/C22H24N6O4S/c1-15-25-21(14-27(15)2)33(31,32)28-18-6-4-3-5-17(18)26-22(30)19(28)13-20(29)24-12-9-16-7-10-23-11-8-16/h3-8,10-11,14,19H,9,12-13H2,1-2H3,(H,24,29)(H,26,30)/t19-/m1/s1. The van der Waals surface area contributed by atoms with Gasteiger partial charge in [-0.05, 0) is 43.2 Å². The molecule has 2 aromatic heterocycles. The van der Waals surface area contributed by atoms with E-state index in [2.05, 4.69) is 20.6 Å². The number of nitrogens with one attached hydrogen (secondary N) is 2. The number of amides is 2. The number of pyridine rings is 1. The summed E-state index contributed by atoms with van der Waals surface area (Å²) in [5.74, 6) is -0.496. The number of para-hydroxylation sites is 2. The van der Waals surface area contributed by atoms with Gasteiger partial charge in [-0.25, -0.2) is 9.29 Å². The number of nitrogens with zero attached hydrogens (tertiary/aromatic N) is 4. The lowest BCUT2D eigenvalue weighted by molar-refractivity contribution is -0.125. The van der Waals surface area contributed by atoms with E-state index in [9.17, 15) is 18.0 Å². The van der Waals surface area contributed by atoms with Crippen LogP contribution in [0.25, 0.3) is 0 Å². The molecule has 33 heavy (non-hydrogen) atoms. The number of benzene rings is 1. The van der Waals surface area contributed by atoms with E-state index in [0.717, 1.165) is 9.87 Å². The van der Waals surface area contributed by atoms with Gasteiger partial charge in [-0.3, -0.25) is 14.6 Å². The van der Waals surface area contributed by atoms with E-state index >= 15 is 0 Å². The average Bonchev–Trinajstić information content (AvgIpc) is 3.14. The fourth-order valence-corrected chi connectivity index (χ4v) is 5.29. The highest BCUT2D eigenvalue weighted by atomic mass is 32.2. The van der Waals surface area contributed by atoms with Crippen LogP contribution in [0.5, 0.6) is 0 Å². The fourth-order valence-electron chi connectivity index (χ4n) is 3.63. The topological polar surface area (TPSA) is 126 Å². The first-order valence-corrected chi connectivity index (χ1v) is 11.8. The molecule has 1 aliphatic heterocycles. The first-order chi connectivity index (χ1) is 15.8. The van der Waals surface area contributed by atoms with Gasteiger partial charge in [0, 0.05) is 32.2 Å². The van der Waals surface area contributed by atoms with Crippen LogP contribution in [0.4, 0.5) is 11.4 Å². The maximum atomic E-state index is 13.6. The second kappa shape index (κ2) is 9.02. The van der Waals surface area contributed by atoms with Gasteiger partial charge < -0.3 is 15.2 Å². The third-order valence-electron chi connectivity index (χ3n) is 5.46. The van der Waals surface area contributed by atoms with Gasteiger partial charge in [-0.15, -0.1) is 0 Å². The summed E-state index contributed by atoms with van der Waals surface area (Å²) in [7, 11) is -2.53. The van der Waals surface area contributed by atoms with Crippen LogP contribution in [-0.4, -0.2) is 47.4 Å². The van der Waals surface area contributed by atoms with Gasteiger partial charge >= 0.3 is 0 Å². The summed E-state index contributed by atoms with van der Waals surface area (Å²) in [5, 5.41) is 5.29. The molecule has 0 radical (unpaired) electrons. The molecule has 1 aromatic carbocycles. The Balaban J connectivity index is 1.60. The molecule has 0 unspecified atom stereocenters. The number of anilines is 2. The Kier molecular flexibility index (Phi) is 6.14. The number of fused-ring (bicyclic) bond motifs is 1. The van der Waals surface area contributed by atoms with E-state index < -0.39 is 27.9 Å². The normalized spacial score (nSPS) is 15.6. The monoisotopic (exact) mass is 468 g/mol. The van der Waals surface area contributed by atoms with Gasteiger partial charge in [0.2, 0.25) is 11.8 Å². The lowest BCUT2D eigenvalue weighted by Crippen LogP contribution is -2.52. The number of carbonyl (C=O) groups excluding carboxylic acids is 2. The van der Waals surface area contributed by atoms with Crippen molar-refractivity contribution in [1.29, 1.82) is 0 Å². The van der Waals surface area contributed by atoms with E-state index in [4.69, 9.17) is 0 Å². The minimum Gasteiger partial charge on any atom is -0.356 e. The van der Waals surface area contributed by atoms with Crippen molar-refractivity contribution in [2.24, 2.45) is 7.05 Å². The molecule has 0 fully saturated rings. The van der Waals surface area contributed by atoms with Crippen LogP contribution in [0.15, 0.2) is 60.0 Å². The van der Waals surface area contributed by atoms with E-state index in [0.29, 0.717) is 24.5 Å². The van der Waals surface area contributed by atoms with Crippen LogP contribution in [0, 0.1) is 6.92 Å². The van der Waals surface area contributed by atoms with Crippen LogP contribution in [0.3, 0.4) is 0 Å². The SMILES string of the molecule is Cc1nc(S(=O)(=O)N2c3ccccc3NC(=O)[C@H]2CC(=O)NCCc2ccncc2)cn1C. The predicted molar refractivity (Wildman–Crippen MR) is 122 cm³/mol. The zero-order valence-corrected chi connectivity index (χ0v) is 19.0. The van der Waals surface area contributed by atoms with Crippen molar-refractivity contribution in [3.05, 3.63) is 66.4 Å². The molecule has 4 rings (SSSR count). The first-order valence-electron chi connectivity index (χ1n) is 10.4. The van der Waals surface area contributed by atoms with Crippen LogP contribution in [0.1, 0.15) is 17.8 Å². The summed E-state index contributed by atoms with van der Waals surface area (Å²) in [6.07, 6.45) is 4.99.